The number of aliphatic imine (C=N–C) groups is 1. The summed E-state index contributed by atoms with van der Waals surface area (Å²) in [5.74, 6) is 2.29. The Bertz CT molecular complexity index is 735. The molecule has 0 fully saturated rings. The van der Waals surface area contributed by atoms with Gasteiger partial charge < -0.3 is 20.1 Å². The Morgan fingerprint density at radius 2 is 1.70 bits per heavy atom. The summed E-state index contributed by atoms with van der Waals surface area (Å²) in [6, 6.07) is 14.4. The van der Waals surface area contributed by atoms with E-state index in [4.69, 9.17) is 9.47 Å². The number of methoxy groups -OCH3 is 1. The van der Waals surface area contributed by atoms with E-state index in [9.17, 15) is 0 Å². The van der Waals surface area contributed by atoms with E-state index in [1.165, 1.54) is 11.1 Å². The lowest BCUT2D eigenvalue weighted by atomic mass is 10.1. The van der Waals surface area contributed by atoms with Gasteiger partial charge in [0.15, 0.2) is 17.5 Å². The van der Waals surface area contributed by atoms with Gasteiger partial charge in [-0.15, -0.1) is 24.0 Å². The molecule has 0 aliphatic carbocycles. The molecule has 0 amide bonds. The molecule has 27 heavy (non-hydrogen) atoms. The number of rotatable bonds is 8. The average molecular weight is 483 g/mol. The van der Waals surface area contributed by atoms with E-state index < -0.39 is 0 Å². The zero-order chi connectivity index (χ0) is 18.8. The van der Waals surface area contributed by atoms with Crippen LogP contribution in [-0.4, -0.2) is 26.7 Å². The summed E-state index contributed by atoms with van der Waals surface area (Å²) in [4.78, 5) is 4.28. The van der Waals surface area contributed by atoms with Gasteiger partial charge in [-0.2, -0.15) is 0 Å². The number of guanidine groups is 1. The average Bonchev–Trinajstić information content (AvgIpc) is 2.66. The maximum absolute atomic E-state index is 5.69. The first-order valence-corrected chi connectivity index (χ1v) is 8.96. The fraction of sp³-hybridized carbons (Fsp3) is 0.381. The molecule has 0 spiro atoms. The van der Waals surface area contributed by atoms with Gasteiger partial charge in [-0.25, -0.2) is 0 Å². The van der Waals surface area contributed by atoms with Gasteiger partial charge in [-0.1, -0.05) is 42.8 Å². The first-order chi connectivity index (χ1) is 12.7. The molecule has 0 saturated carbocycles. The zero-order valence-corrected chi connectivity index (χ0v) is 18.9. The lowest BCUT2D eigenvalue weighted by Crippen LogP contribution is -2.36. The second kappa shape index (κ2) is 12.4. The Morgan fingerprint density at radius 1 is 1.00 bits per heavy atom. The van der Waals surface area contributed by atoms with Crippen LogP contribution in [0.1, 0.15) is 30.0 Å². The Kier molecular flexibility index (Phi) is 10.6. The summed E-state index contributed by atoms with van der Waals surface area (Å²) < 4.78 is 11.1. The molecule has 0 radical (unpaired) electrons. The van der Waals surface area contributed by atoms with Crippen LogP contribution in [0.2, 0.25) is 0 Å². The van der Waals surface area contributed by atoms with Crippen LogP contribution in [-0.2, 0) is 13.1 Å². The van der Waals surface area contributed by atoms with Gasteiger partial charge in [0.25, 0.3) is 0 Å². The van der Waals surface area contributed by atoms with E-state index in [0.29, 0.717) is 13.2 Å². The molecule has 2 rings (SSSR count). The normalized spacial score (nSPS) is 10.7. The molecular weight excluding hydrogens is 453 g/mol. The molecular formula is C21H30IN3O2. The Morgan fingerprint density at radius 3 is 2.30 bits per heavy atom. The molecule has 2 N–H and O–H groups in total. The van der Waals surface area contributed by atoms with Gasteiger partial charge in [-0.3, -0.25) is 4.99 Å². The highest BCUT2D eigenvalue weighted by molar-refractivity contribution is 14.0. The topological polar surface area (TPSA) is 54.9 Å². The van der Waals surface area contributed by atoms with Gasteiger partial charge in [0.05, 0.1) is 13.7 Å². The molecule has 0 atom stereocenters. The number of hydrogen-bond donors (Lipinski definition) is 2. The SMILES string of the molecule is CCCOc1ccc(CNC(=NC)NCc2cccc(C)c2)cc1OC.I. The monoisotopic (exact) mass is 483 g/mol. The van der Waals surface area contributed by atoms with Gasteiger partial charge in [-0.05, 0) is 36.6 Å². The molecule has 0 aliphatic rings. The van der Waals surface area contributed by atoms with Crippen molar-refractivity contribution >= 4 is 29.9 Å². The molecule has 2 aromatic rings. The molecule has 0 aromatic heterocycles. The Hall–Kier alpha value is -1.96. The molecule has 5 nitrogen and oxygen atoms in total. The summed E-state index contributed by atoms with van der Waals surface area (Å²) in [5.41, 5.74) is 3.58. The number of halogens is 1. The van der Waals surface area contributed by atoms with Crippen molar-refractivity contribution in [2.45, 2.75) is 33.4 Å². The van der Waals surface area contributed by atoms with Crippen molar-refractivity contribution in [1.29, 1.82) is 0 Å². The van der Waals surface area contributed by atoms with E-state index >= 15 is 0 Å². The van der Waals surface area contributed by atoms with Crippen molar-refractivity contribution in [3.63, 3.8) is 0 Å². The van der Waals surface area contributed by atoms with Crippen LogP contribution in [0.3, 0.4) is 0 Å². The molecule has 0 unspecified atom stereocenters. The van der Waals surface area contributed by atoms with Gasteiger partial charge in [0.2, 0.25) is 0 Å². The van der Waals surface area contributed by atoms with Crippen molar-refractivity contribution in [2.24, 2.45) is 4.99 Å². The molecule has 0 bridgehead atoms. The van der Waals surface area contributed by atoms with E-state index in [1.54, 1.807) is 14.2 Å². The van der Waals surface area contributed by atoms with E-state index in [2.05, 4.69) is 53.7 Å². The first kappa shape index (κ1) is 23.1. The fourth-order valence-electron chi connectivity index (χ4n) is 2.57. The van der Waals surface area contributed by atoms with Crippen molar-refractivity contribution in [2.75, 3.05) is 20.8 Å². The maximum atomic E-state index is 5.69. The highest BCUT2D eigenvalue weighted by Gasteiger charge is 2.06. The summed E-state index contributed by atoms with van der Waals surface area (Å²) in [6.45, 7) is 6.24. The minimum absolute atomic E-state index is 0. The van der Waals surface area contributed by atoms with Crippen LogP contribution >= 0.6 is 24.0 Å². The Labute approximate surface area is 179 Å². The highest BCUT2D eigenvalue weighted by Crippen LogP contribution is 2.28. The minimum atomic E-state index is 0. The number of nitrogens with one attached hydrogen (secondary N) is 2. The fourth-order valence-corrected chi connectivity index (χ4v) is 2.57. The van der Waals surface area contributed by atoms with E-state index in [0.717, 1.165) is 36.0 Å². The Balaban J connectivity index is 0.00000364. The lowest BCUT2D eigenvalue weighted by molar-refractivity contribution is 0.294. The van der Waals surface area contributed by atoms with Gasteiger partial charge in [0, 0.05) is 20.1 Å². The summed E-state index contributed by atoms with van der Waals surface area (Å²) in [5, 5.41) is 6.66. The third-order valence-corrected chi connectivity index (χ3v) is 3.92. The molecule has 0 heterocycles. The van der Waals surface area contributed by atoms with Crippen LogP contribution in [0.4, 0.5) is 0 Å². The third kappa shape index (κ3) is 7.66. The zero-order valence-electron chi connectivity index (χ0n) is 16.5. The standard InChI is InChI=1S/C21H29N3O2.HI/c1-5-11-26-19-10-9-18(13-20(19)25-4)15-24-21(22-3)23-14-17-8-6-7-16(2)12-17;/h6-10,12-13H,5,11,14-15H2,1-4H3,(H2,22,23,24);1H. The number of hydrogen-bond acceptors (Lipinski definition) is 3. The number of aryl methyl sites for hydroxylation is 1. The van der Waals surface area contributed by atoms with Crippen LogP contribution in [0.25, 0.3) is 0 Å². The molecule has 0 aliphatic heterocycles. The van der Waals surface area contributed by atoms with Crippen molar-refractivity contribution in [1.82, 2.24) is 10.6 Å². The third-order valence-electron chi connectivity index (χ3n) is 3.92. The lowest BCUT2D eigenvalue weighted by Gasteiger charge is -2.14. The van der Waals surface area contributed by atoms with Crippen LogP contribution in [0.5, 0.6) is 11.5 Å². The van der Waals surface area contributed by atoms with Crippen LogP contribution in [0.15, 0.2) is 47.5 Å². The maximum Gasteiger partial charge on any atom is 0.191 e. The molecule has 148 valence electrons. The predicted molar refractivity (Wildman–Crippen MR) is 122 cm³/mol. The smallest absolute Gasteiger partial charge is 0.191 e. The highest BCUT2D eigenvalue weighted by atomic mass is 127. The predicted octanol–water partition coefficient (Wildman–Crippen LogP) is 4.28. The van der Waals surface area contributed by atoms with E-state index in [-0.39, 0.29) is 24.0 Å². The number of ether oxygens (including phenoxy) is 2. The second-order valence-corrected chi connectivity index (χ2v) is 6.10. The van der Waals surface area contributed by atoms with Crippen LogP contribution in [0, 0.1) is 6.92 Å². The van der Waals surface area contributed by atoms with Gasteiger partial charge in [0.1, 0.15) is 0 Å². The van der Waals surface area contributed by atoms with E-state index in [1.807, 2.05) is 18.2 Å². The second-order valence-electron chi connectivity index (χ2n) is 6.10. The first-order valence-electron chi connectivity index (χ1n) is 8.96. The molecule has 2 aromatic carbocycles. The quantitative estimate of drug-likeness (QED) is 0.335. The van der Waals surface area contributed by atoms with Crippen molar-refractivity contribution < 1.29 is 9.47 Å². The molecule has 6 heteroatoms. The number of nitrogens with zero attached hydrogens (tertiary/aromatic N) is 1. The number of benzene rings is 2. The summed E-state index contributed by atoms with van der Waals surface area (Å²) >= 11 is 0. The minimum Gasteiger partial charge on any atom is -0.493 e. The van der Waals surface area contributed by atoms with Crippen molar-refractivity contribution in [3.8, 4) is 11.5 Å². The summed E-state index contributed by atoms with van der Waals surface area (Å²) in [7, 11) is 3.43. The largest absolute Gasteiger partial charge is 0.493 e. The van der Waals surface area contributed by atoms with Crippen LogP contribution < -0.4 is 20.1 Å². The van der Waals surface area contributed by atoms with Crippen molar-refractivity contribution in [3.05, 3.63) is 59.2 Å². The van der Waals surface area contributed by atoms with Gasteiger partial charge >= 0.3 is 0 Å². The summed E-state index contributed by atoms with van der Waals surface area (Å²) in [6.07, 6.45) is 0.968. The molecule has 0 saturated heterocycles.